The minimum atomic E-state index is -0.302. The van der Waals surface area contributed by atoms with Gasteiger partial charge in [-0.2, -0.15) is 5.10 Å². The Hall–Kier alpha value is -2.99. The van der Waals surface area contributed by atoms with Crippen LogP contribution < -0.4 is 14.2 Å². The van der Waals surface area contributed by atoms with Crippen LogP contribution in [0.2, 0.25) is 0 Å². The minimum Gasteiger partial charge on any atom is -0.497 e. The average molecular weight is 521 g/mol. The highest BCUT2D eigenvalue weighted by molar-refractivity contribution is 9.10. The minimum absolute atomic E-state index is 0.105. The summed E-state index contributed by atoms with van der Waals surface area (Å²) in [7, 11) is 1.68. The molecule has 0 aromatic heterocycles. The monoisotopic (exact) mass is 520 g/mol. The standard InChI is InChI=1S/C28H29BrN2O3/c1-3-4-5-16-33-23-13-8-20(9-14-23)28-31-26(24-17-21(29)10-15-27(24)34-28)18-25(30-31)19-6-11-22(32-2)12-7-19/h6-15,17,26,28H,3-5,16,18H2,1-2H3/t26-,28+/m1/s1. The molecule has 0 bridgehead atoms. The first-order valence-corrected chi connectivity index (χ1v) is 12.6. The van der Waals surface area contributed by atoms with Crippen molar-refractivity contribution < 1.29 is 14.2 Å². The first-order chi connectivity index (χ1) is 16.7. The Bertz CT molecular complexity index is 1160. The van der Waals surface area contributed by atoms with Crippen molar-refractivity contribution in [3.63, 3.8) is 0 Å². The van der Waals surface area contributed by atoms with E-state index in [4.69, 9.17) is 19.3 Å². The number of hydrogen-bond donors (Lipinski definition) is 0. The van der Waals surface area contributed by atoms with Gasteiger partial charge in [0.15, 0.2) is 0 Å². The highest BCUT2D eigenvalue weighted by Gasteiger charge is 2.41. The van der Waals surface area contributed by atoms with Crippen molar-refractivity contribution in [3.05, 3.63) is 87.9 Å². The highest BCUT2D eigenvalue weighted by atomic mass is 79.9. The number of benzene rings is 3. The van der Waals surface area contributed by atoms with Gasteiger partial charge in [0.2, 0.25) is 6.23 Å². The molecule has 0 aliphatic carbocycles. The summed E-state index contributed by atoms with van der Waals surface area (Å²) in [4.78, 5) is 0. The fourth-order valence-corrected chi connectivity index (χ4v) is 4.89. The molecule has 176 valence electrons. The molecule has 0 amide bonds. The van der Waals surface area contributed by atoms with Crippen LogP contribution in [0.5, 0.6) is 17.2 Å². The van der Waals surface area contributed by atoms with Gasteiger partial charge in [0.05, 0.1) is 25.5 Å². The van der Waals surface area contributed by atoms with Gasteiger partial charge in [0, 0.05) is 22.0 Å². The van der Waals surface area contributed by atoms with E-state index in [1.165, 1.54) is 12.8 Å². The van der Waals surface area contributed by atoms with E-state index in [-0.39, 0.29) is 12.3 Å². The molecule has 6 heteroatoms. The summed E-state index contributed by atoms with van der Waals surface area (Å²) >= 11 is 3.62. The predicted octanol–water partition coefficient (Wildman–Crippen LogP) is 7.27. The molecule has 34 heavy (non-hydrogen) atoms. The molecule has 0 saturated heterocycles. The molecule has 2 aliphatic heterocycles. The second-order valence-corrected chi connectivity index (χ2v) is 9.57. The van der Waals surface area contributed by atoms with Gasteiger partial charge < -0.3 is 14.2 Å². The smallest absolute Gasteiger partial charge is 0.213 e. The van der Waals surface area contributed by atoms with Gasteiger partial charge in [-0.05, 0) is 78.7 Å². The SMILES string of the molecule is CCCCCOc1ccc([C@@H]2Oc3ccc(Br)cc3[C@H]3CC(c4ccc(OC)cc4)=NN32)cc1. The third-order valence-corrected chi connectivity index (χ3v) is 6.85. The summed E-state index contributed by atoms with van der Waals surface area (Å²) in [5, 5.41) is 7.15. The summed E-state index contributed by atoms with van der Waals surface area (Å²) < 4.78 is 18.8. The topological polar surface area (TPSA) is 43.3 Å². The zero-order chi connectivity index (χ0) is 23.5. The van der Waals surface area contributed by atoms with E-state index in [0.29, 0.717) is 0 Å². The normalized spacial score (nSPS) is 18.6. The van der Waals surface area contributed by atoms with Gasteiger partial charge >= 0.3 is 0 Å². The van der Waals surface area contributed by atoms with Crippen LogP contribution in [0.3, 0.4) is 0 Å². The molecule has 2 atom stereocenters. The largest absolute Gasteiger partial charge is 0.497 e. The first kappa shape index (κ1) is 22.8. The molecule has 0 spiro atoms. The number of hydrogen-bond acceptors (Lipinski definition) is 5. The van der Waals surface area contributed by atoms with E-state index in [2.05, 4.69) is 58.2 Å². The summed E-state index contributed by atoms with van der Waals surface area (Å²) in [5.41, 5.74) is 4.35. The molecule has 0 radical (unpaired) electrons. The van der Waals surface area contributed by atoms with Crippen molar-refractivity contribution in [3.8, 4) is 17.2 Å². The van der Waals surface area contributed by atoms with Gasteiger partial charge in [0.25, 0.3) is 0 Å². The molecule has 2 heterocycles. The number of rotatable bonds is 8. The van der Waals surface area contributed by atoms with Crippen LogP contribution >= 0.6 is 15.9 Å². The Morgan fingerprint density at radius 2 is 1.76 bits per heavy atom. The first-order valence-electron chi connectivity index (χ1n) is 11.9. The van der Waals surface area contributed by atoms with Crippen molar-refractivity contribution in [2.24, 2.45) is 5.10 Å². The van der Waals surface area contributed by atoms with Gasteiger partial charge in [0.1, 0.15) is 17.2 Å². The number of halogens is 1. The summed E-state index contributed by atoms with van der Waals surface area (Å²) in [6, 6.07) is 22.6. The van der Waals surface area contributed by atoms with Crippen molar-refractivity contribution in [2.45, 2.75) is 44.9 Å². The van der Waals surface area contributed by atoms with Crippen LogP contribution in [0.1, 0.15) is 61.6 Å². The highest BCUT2D eigenvalue weighted by Crippen LogP contribution is 2.48. The fourth-order valence-electron chi connectivity index (χ4n) is 4.51. The number of methoxy groups -OCH3 is 1. The van der Waals surface area contributed by atoms with E-state index >= 15 is 0 Å². The Morgan fingerprint density at radius 3 is 2.50 bits per heavy atom. The van der Waals surface area contributed by atoms with Gasteiger partial charge in [-0.3, -0.25) is 0 Å². The molecule has 0 N–H and O–H groups in total. The molecule has 2 aliphatic rings. The third-order valence-electron chi connectivity index (χ3n) is 6.36. The number of nitrogens with zero attached hydrogens (tertiary/aromatic N) is 2. The maximum Gasteiger partial charge on any atom is 0.213 e. The predicted molar refractivity (Wildman–Crippen MR) is 138 cm³/mol. The summed E-state index contributed by atoms with van der Waals surface area (Å²) in [6.07, 6.45) is 3.97. The maximum atomic E-state index is 6.50. The van der Waals surface area contributed by atoms with Crippen molar-refractivity contribution in [1.82, 2.24) is 5.01 Å². The van der Waals surface area contributed by atoms with Gasteiger partial charge in [-0.15, -0.1) is 0 Å². The van der Waals surface area contributed by atoms with Crippen molar-refractivity contribution in [2.75, 3.05) is 13.7 Å². The molecule has 3 aromatic rings. The zero-order valence-electron chi connectivity index (χ0n) is 19.5. The van der Waals surface area contributed by atoms with E-state index in [0.717, 1.165) is 63.6 Å². The van der Waals surface area contributed by atoms with Crippen LogP contribution in [0.15, 0.2) is 76.3 Å². The van der Waals surface area contributed by atoms with Crippen molar-refractivity contribution >= 4 is 21.6 Å². The lowest BCUT2D eigenvalue weighted by molar-refractivity contribution is -0.0191. The fraction of sp³-hybridized carbons (Fsp3) is 0.321. The number of hydrazone groups is 1. The average Bonchev–Trinajstić information content (AvgIpc) is 3.33. The molecule has 0 saturated carbocycles. The van der Waals surface area contributed by atoms with Gasteiger partial charge in [-0.1, -0.05) is 35.7 Å². The number of ether oxygens (including phenoxy) is 3. The van der Waals surface area contributed by atoms with Crippen LogP contribution in [0.25, 0.3) is 0 Å². The van der Waals surface area contributed by atoms with E-state index in [1.807, 2.05) is 36.4 Å². The number of fused-ring (bicyclic) bond motifs is 3. The quantitative estimate of drug-likeness (QED) is 0.293. The summed E-state index contributed by atoms with van der Waals surface area (Å²) in [5.74, 6) is 2.63. The molecule has 0 unspecified atom stereocenters. The lowest BCUT2D eigenvalue weighted by Crippen LogP contribution is -2.33. The number of unbranched alkanes of at least 4 members (excludes halogenated alkanes) is 2. The second kappa shape index (κ2) is 10.1. The molecule has 0 fully saturated rings. The van der Waals surface area contributed by atoms with Crippen LogP contribution in [0, 0.1) is 0 Å². The summed E-state index contributed by atoms with van der Waals surface area (Å²) in [6.45, 7) is 2.95. The van der Waals surface area contributed by atoms with Crippen LogP contribution in [0.4, 0.5) is 0 Å². The lowest BCUT2D eigenvalue weighted by atomic mass is 9.96. The van der Waals surface area contributed by atoms with Crippen molar-refractivity contribution in [1.29, 1.82) is 0 Å². The van der Waals surface area contributed by atoms with Crippen LogP contribution in [-0.4, -0.2) is 24.4 Å². The molecule has 5 nitrogen and oxygen atoms in total. The van der Waals surface area contributed by atoms with E-state index in [1.54, 1.807) is 7.11 Å². The van der Waals surface area contributed by atoms with Crippen LogP contribution in [-0.2, 0) is 0 Å². The molecular formula is C28H29BrN2O3. The van der Waals surface area contributed by atoms with E-state index in [9.17, 15) is 0 Å². The second-order valence-electron chi connectivity index (χ2n) is 8.65. The van der Waals surface area contributed by atoms with Gasteiger partial charge in [-0.25, -0.2) is 5.01 Å². The lowest BCUT2D eigenvalue weighted by Gasteiger charge is -2.38. The Labute approximate surface area is 209 Å². The molecule has 3 aromatic carbocycles. The molecule has 5 rings (SSSR count). The zero-order valence-corrected chi connectivity index (χ0v) is 21.1. The maximum absolute atomic E-state index is 6.50. The Kier molecular flexibility index (Phi) is 6.77. The molecular weight excluding hydrogens is 492 g/mol. The Balaban J connectivity index is 1.43. The Morgan fingerprint density at radius 1 is 1.00 bits per heavy atom. The third kappa shape index (κ3) is 4.64. The van der Waals surface area contributed by atoms with E-state index < -0.39 is 0 Å².